The third-order valence-electron chi connectivity index (χ3n) is 0.885. The number of thiocarbonyl (C=S) groups is 1. The lowest BCUT2D eigenvalue weighted by Gasteiger charge is -1.98. The molecule has 0 aromatic rings. The molecule has 0 N–H and O–H groups in total. The van der Waals surface area contributed by atoms with Crippen molar-refractivity contribution >= 4 is 29.0 Å². The number of hydrogen-bond donors (Lipinski definition) is 0. The highest BCUT2D eigenvalue weighted by Gasteiger charge is 1.97. The van der Waals surface area contributed by atoms with E-state index in [4.69, 9.17) is 11.6 Å². The smallest absolute Gasteiger partial charge is 0.0735 e. The van der Waals surface area contributed by atoms with Crippen LogP contribution in [0, 0.1) is 0 Å². The maximum absolute atomic E-state index is 5.47. The Morgan fingerprint density at radius 3 is 2.62 bits per heavy atom. The van der Waals surface area contributed by atoms with Gasteiger partial charge in [0.25, 0.3) is 0 Å². The SMILES string of the molecule is CCC(CCl)N=C=S. The van der Waals surface area contributed by atoms with Crippen molar-refractivity contribution in [1.29, 1.82) is 0 Å². The summed E-state index contributed by atoms with van der Waals surface area (Å²) in [5.41, 5.74) is 0. The summed E-state index contributed by atoms with van der Waals surface area (Å²) < 4.78 is 0. The van der Waals surface area contributed by atoms with E-state index in [0.29, 0.717) is 5.88 Å². The van der Waals surface area contributed by atoms with E-state index in [1.807, 2.05) is 6.92 Å². The van der Waals surface area contributed by atoms with Gasteiger partial charge in [0.05, 0.1) is 11.2 Å². The number of halogens is 1. The Morgan fingerprint density at radius 1 is 1.88 bits per heavy atom. The van der Waals surface area contributed by atoms with Crippen molar-refractivity contribution in [2.75, 3.05) is 5.88 Å². The molecule has 0 aromatic heterocycles. The van der Waals surface area contributed by atoms with Crippen molar-refractivity contribution in [3.05, 3.63) is 0 Å². The summed E-state index contributed by atoms with van der Waals surface area (Å²) in [5.74, 6) is 0.542. The Hall–Kier alpha value is 0.0900. The lowest BCUT2D eigenvalue weighted by atomic mass is 10.3. The standard InChI is InChI=1S/C5H8ClNS/c1-2-5(3-6)7-4-8/h5H,2-3H2,1H3. The van der Waals surface area contributed by atoms with E-state index in [-0.39, 0.29) is 6.04 Å². The lowest BCUT2D eigenvalue weighted by Crippen LogP contribution is -2.02. The van der Waals surface area contributed by atoms with Crippen LogP contribution in [0.2, 0.25) is 0 Å². The van der Waals surface area contributed by atoms with E-state index in [1.165, 1.54) is 0 Å². The molecular formula is C5H8ClNS. The predicted molar refractivity (Wildman–Crippen MR) is 39.8 cm³/mol. The van der Waals surface area contributed by atoms with E-state index >= 15 is 0 Å². The van der Waals surface area contributed by atoms with Crippen LogP contribution in [0.1, 0.15) is 13.3 Å². The Labute approximate surface area is 59.8 Å². The van der Waals surface area contributed by atoms with E-state index in [1.54, 1.807) is 0 Å². The van der Waals surface area contributed by atoms with E-state index < -0.39 is 0 Å². The highest BCUT2D eigenvalue weighted by atomic mass is 35.5. The van der Waals surface area contributed by atoms with Crippen molar-refractivity contribution in [3.63, 3.8) is 0 Å². The maximum Gasteiger partial charge on any atom is 0.0735 e. The van der Waals surface area contributed by atoms with Crippen molar-refractivity contribution in [3.8, 4) is 0 Å². The topological polar surface area (TPSA) is 12.4 Å². The minimum Gasteiger partial charge on any atom is -0.228 e. The second kappa shape index (κ2) is 5.23. The average Bonchev–Trinajstić information content (AvgIpc) is 1.83. The normalized spacial score (nSPS) is 12.2. The Balaban J connectivity index is 3.52. The van der Waals surface area contributed by atoms with Crippen molar-refractivity contribution in [1.82, 2.24) is 0 Å². The summed E-state index contributed by atoms with van der Waals surface area (Å²) in [7, 11) is 0. The first-order valence-corrected chi connectivity index (χ1v) is 3.42. The fraction of sp³-hybridized carbons (Fsp3) is 0.800. The zero-order chi connectivity index (χ0) is 6.41. The molecule has 1 atom stereocenters. The molecule has 0 aliphatic carbocycles. The largest absolute Gasteiger partial charge is 0.228 e. The summed E-state index contributed by atoms with van der Waals surface area (Å²) in [4.78, 5) is 3.79. The second-order valence-corrected chi connectivity index (χ2v) is 1.93. The van der Waals surface area contributed by atoms with Crippen molar-refractivity contribution in [2.45, 2.75) is 19.4 Å². The van der Waals surface area contributed by atoms with Crippen LogP contribution in [0.25, 0.3) is 0 Å². The molecule has 0 spiro atoms. The van der Waals surface area contributed by atoms with E-state index in [9.17, 15) is 0 Å². The van der Waals surface area contributed by atoms with Gasteiger partial charge in [-0.1, -0.05) is 6.92 Å². The van der Waals surface area contributed by atoms with Crippen LogP contribution in [0.15, 0.2) is 4.99 Å². The van der Waals surface area contributed by atoms with E-state index in [0.717, 1.165) is 6.42 Å². The first-order valence-electron chi connectivity index (χ1n) is 2.48. The minimum atomic E-state index is 0.175. The van der Waals surface area contributed by atoms with Gasteiger partial charge in [-0.2, -0.15) is 0 Å². The molecule has 0 aliphatic heterocycles. The summed E-state index contributed by atoms with van der Waals surface area (Å²) in [6.07, 6.45) is 0.938. The van der Waals surface area contributed by atoms with Gasteiger partial charge in [-0.25, -0.2) is 4.99 Å². The third-order valence-corrected chi connectivity index (χ3v) is 1.35. The van der Waals surface area contributed by atoms with Crippen molar-refractivity contribution < 1.29 is 0 Å². The zero-order valence-corrected chi connectivity index (χ0v) is 6.30. The molecular weight excluding hydrogens is 142 g/mol. The quantitative estimate of drug-likeness (QED) is 0.340. The van der Waals surface area contributed by atoms with Crippen LogP contribution in [-0.2, 0) is 0 Å². The number of rotatable bonds is 3. The molecule has 46 valence electrons. The number of aliphatic imine (C=N–C) groups is 1. The molecule has 1 nitrogen and oxygen atoms in total. The minimum absolute atomic E-state index is 0.175. The molecule has 0 aliphatic rings. The molecule has 1 unspecified atom stereocenters. The summed E-state index contributed by atoms with van der Waals surface area (Å²) >= 11 is 9.85. The molecule has 0 aromatic carbocycles. The molecule has 0 saturated heterocycles. The molecule has 0 heterocycles. The third kappa shape index (κ3) is 3.14. The molecule has 0 rings (SSSR count). The van der Waals surface area contributed by atoms with Crippen LogP contribution in [0.5, 0.6) is 0 Å². The molecule has 0 saturated carbocycles. The molecule has 0 fully saturated rings. The summed E-state index contributed by atoms with van der Waals surface area (Å²) in [6.45, 7) is 2.02. The Bertz CT molecular complexity index is 94.6. The molecule has 0 radical (unpaired) electrons. The number of isothiocyanates is 1. The number of hydrogen-bond acceptors (Lipinski definition) is 2. The highest BCUT2D eigenvalue weighted by Crippen LogP contribution is 1.97. The van der Waals surface area contributed by atoms with Gasteiger partial charge in [-0.05, 0) is 18.6 Å². The predicted octanol–water partition coefficient (Wildman–Crippen LogP) is 2.11. The van der Waals surface area contributed by atoms with Crippen LogP contribution in [-0.4, -0.2) is 17.1 Å². The van der Waals surface area contributed by atoms with E-state index in [2.05, 4.69) is 22.4 Å². The summed E-state index contributed by atoms with van der Waals surface area (Å²) in [5, 5.41) is 2.29. The van der Waals surface area contributed by atoms with Gasteiger partial charge >= 0.3 is 0 Å². The van der Waals surface area contributed by atoms with Gasteiger partial charge in [0.15, 0.2) is 0 Å². The van der Waals surface area contributed by atoms with Gasteiger partial charge in [-0.15, -0.1) is 11.6 Å². The Morgan fingerprint density at radius 2 is 2.50 bits per heavy atom. The average molecular weight is 150 g/mol. The van der Waals surface area contributed by atoms with Gasteiger partial charge in [-0.3, -0.25) is 0 Å². The van der Waals surface area contributed by atoms with Gasteiger partial charge in [0.2, 0.25) is 0 Å². The summed E-state index contributed by atoms with van der Waals surface area (Å²) in [6, 6.07) is 0.175. The first kappa shape index (κ1) is 8.09. The van der Waals surface area contributed by atoms with Gasteiger partial charge in [0, 0.05) is 5.88 Å². The van der Waals surface area contributed by atoms with Gasteiger partial charge in [0.1, 0.15) is 0 Å². The lowest BCUT2D eigenvalue weighted by molar-refractivity contribution is 0.728. The molecule has 3 heteroatoms. The molecule has 8 heavy (non-hydrogen) atoms. The monoisotopic (exact) mass is 149 g/mol. The highest BCUT2D eigenvalue weighted by molar-refractivity contribution is 7.78. The first-order chi connectivity index (χ1) is 3.85. The number of alkyl halides is 1. The van der Waals surface area contributed by atoms with Crippen LogP contribution >= 0.6 is 23.8 Å². The zero-order valence-electron chi connectivity index (χ0n) is 4.72. The molecule has 0 amide bonds. The number of nitrogens with zero attached hydrogens (tertiary/aromatic N) is 1. The van der Waals surface area contributed by atoms with Crippen LogP contribution in [0.3, 0.4) is 0 Å². The van der Waals surface area contributed by atoms with Crippen LogP contribution < -0.4 is 0 Å². The Kier molecular flexibility index (Phi) is 5.29. The van der Waals surface area contributed by atoms with Crippen molar-refractivity contribution in [2.24, 2.45) is 4.99 Å². The fourth-order valence-corrected chi connectivity index (χ4v) is 0.746. The second-order valence-electron chi connectivity index (χ2n) is 1.44. The van der Waals surface area contributed by atoms with Crippen LogP contribution in [0.4, 0.5) is 0 Å². The van der Waals surface area contributed by atoms with Gasteiger partial charge < -0.3 is 0 Å². The fourth-order valence-electron chi connectivity index (χ4n) is 0.309. The molecule has 0 bridgehead atoms. The maximum atomic E-state index is 5.47.